The normalized spacial score (nSPS) is 17.4. The third kappa shape index (κ3) is 3.01. The number of hydrogen-bond donors (Lipinski definition) is 1. The first-order chi connectivity index (χ1) is 11.4. The van der Waals surface area contributed by atoms with Crippen molar-refractivity contribution >= 4 is 34.8 Å². The highest BCUT2D eigenvalue weighted by atomic mass is 35.5. The maximum Gasteiger partial charge on any atom is 0.229 e. The smallest absolute Gasteiger partial charge is 0.229 e. The lowest BCUT2D eigenvalue weighted by molar-refractivity contribution is -0.122. The van der Waals surface area contributed by atoms with Crippen LogP contribution in [0, 0.1) is 19.8 Å². The molecule has 1 saturated heterocycles. The zero-order chi connectivity index (χ0) is 17.4. The Morgan fingerprint density at radius 2 is 2.12 bits per heavy atom. The van der Waals surface area contributed by atoms with Gasteiger partial charge >= 0.3 is 0 Å². The van der Waals surface area contributed by atoms with Gasteiger partial charge in [0.25, 0.3) is 0 Å². The summed E-state index contributed by atoms with van der Waals surface area (Å²) in [6, 6.07) is 7.10. The van der Waals surface area contributed by atoms with Gasteiger partial charge in [0.05, 0.1) is 23.0 Å². The number of carbonyl (C=O) groups is 2. The lowest BCUT2D eigenvalue weighted by Crippen LogP contribution is -2.28. The van der Waals surface area contributed by atoms with E-state index in [0.717, 1.165) is 22.8 Å². The van der Waals surface area contributed by atoms with Crippen LogP contribution in [0.1, 0.15) is 17.8 Å². The highest BCUT2D eigenvalue weighted by Gasteiger charge is 2.35. The molecule has 0 radical (unpaired) electrons. The zero-order valence-corrected chi connectivity index (χ0v) is 14.6. The van der Waals surface area contributed by atoms with E-state index in [0.29, 0.717) is 11.6 Å². The summed E-state index contributed by atoms with van der Waals surface area (Å²) in [4.78, 5) is 26.5. The summed E-state index contributed by atoms with van der Waals surface area (Å²) in [5.74, 6) is -0.625. The number of carbonyl (C=O) groups excluding carboxylic acids is 2. The number of benzene rings is 1. The lowest BCUT2D eigenvalue weighted by atomic mass is 10.1. The first kappa shape index (κ1) is 16.5. The monoisotopic (exact) mass is 346 g/mol. The van der Waals surface area contributed by atoms with Crippen LogP contribution in [0.25, 0.3) is 0 Å². The van der Waals surface area contributed by atoms with Crippen LogP contribution in [0.15, 0.2) is 24.3 Å². The molecule has 0 saturated carbocycles. The van der Waals surface area contributed by atoms with Crippen LogP contribution < -0.4 is 10.2 Å². The summed E-state index contributed by atoms with van der Waals surface area (Å²) >= 11 is 5.99. The minimum absolute atomic E-state index is 0.0722. The van der Waals surface area contributed by atoms with Gasteiger partial charge in [-0.05, 0) is 32.0 Å². The predicted molar refractivity (Wildman–Crippen MR) is 93.2 cm³/mol. The molecule has 1 aliphatic heterocycles. The second kappa shape index (κ2) is 6.28. The van der Waals surface area contributed by atoms with E-state index in [1.807, 2.05) is 27.0 Å². The molecule has 24 heavy (non-hydrogen) atoms. The Morgan fingerprint density at radius 1 is 1.38 bits per heavy atom. The number of rotatable bonds is 3. The van der Waals surface area contributed by atoms with Crippen molar-refractivity contribution in [1.82, 2.24) is 9.78 Å². The van der Waals surface area contributed by atoms with Gasteiger partial charge in [-0.15, -0.1) is 0 Å². The minimum atomic E-state index is -0.393. The molecule has 0 spiro atoms. The summed E-state index contributed by atoms with van der Waals surface area (Å²) in [6.45, 7) is 4.09. The predicted octanol–water partition coefficient (Wildman–Crippen LogP) is 2.68. The first-order valence-corrected chi connectivity index (χ1v) is 8.11. The van der Waals surface area contributed by atoms with Gasteiger partial charge < -0.3 is 10.2 Å². The molecular formula is C17H19ClN4O2. The number of nitrogens with one attached hydrogen (secondary N) is 1. The zero-order valence-electron chi connectivity index (χ0n) is 13.8. The molecule has 126 valence electrons. The number of aromatic nitrogens is 2. The third-order valence-corrected chi connectivity index (χ3v) is 4.61. The van der Waals surface area contributed by atoms with E-state index in [4.69, 9.17) is 11.6 Å². The molecule has 0 aliphatic carbocycles. The van der Waals surface area contributed by atoms with Crippen molar-refractivity contribution in [3.8, 4) is 0 Å². The fourth-order valence-electron chi connectivity index (χ4n) is 2.96. The highest BCUT2D eigenvalue weighted by Crippen LogP contribution is 2.28. The SMILES string of the molecule is Cc1nn(C)c(C)c1NC(=O)[C@@H]1CC(=O)N(c2cccc(Cl)c2)C1. The Labute approximate surface area is 145 Å². The van der Waals surface area contributed by atoms with Gasteiger partial charge in [-0.2, -0.15) is 5.10 Å². The van der Waals surface area contributed by atoms with E-state index in [1.54, 1.807) is 27.8 Å². The Hall–Kier alpha value is -2.34. The molecular weight excluding hydrogens is 328 g/mol. The average Bonchev–Trinajstić information content (AvgIpc) is 3.03. The molecule has 0 unspecified atom stereocenters. The maximum atomic E-state index is 12.6. The molecule has 6 nitrogen and oxygen atoms in total. The fraction of sp³-hybridized carbons (Fsp3) is 0.353. The standard InChI is InChI=1S/C17H19ClN4O2/c1-10-16(11(2)21(3)20-10)19-17(24)12-7-15(23)22(9-12)14-6-4-5-13(18)8-14/h4-6,8,12H,7,9H2,1-3H3,(H,19,24)/t12-/m1/s1. The Balaban J connectivity index is 1.74. The molecule has 0 bridgehead atoms. The summed E-state index contributed by atoms with van der Waals surface area (Å²) in [5, 5.41) is 7.77. The average molecular weight is 347 g/mol. The molecule has 2 aromatic rings. The van der Waals surface area contributed by atoms with E-state index >= 15 is 0 Å². The lowest BCUT2D eigenvalue weighted by Gasteiger charge is -2.17. The van der Waals surface area contributed by atoms with Crippen LogP contribution in [0.5, 0.6) is 0 Å². The van der Waals surface area contributed by atoms with Crippen molar-refractivity contribution in [2.75, 3.05) is 16.8 Å². The molecule has 7 heteroatoms. The van der Waals surface area contributed by atoms with Gasteiger partial charge in [0.15, 0.2) is 0 Å². The first-order valence-electron chi connectivity index (χ1n) is 7.74. The molecule has 1 aromatic carbocycles. The second-order valence-electron chi connectivity index (χ2n) is 6.04. The Morgan fingerprint density at radius 3 is 2.75 bits per heavy atom. The molecule has 2 amide bonds. The van der Waals surface area contributed by atoms with E-state index in [-0.39, 0.29) is 18.2 Å². The Bertz CT molecular complexity index is 815. The number of anilines is 2. The van der Waals surface area contributed by atoms with Gasteiger partial charge in [0.2, 0.25) is 11.8 Å². The number of amides is 2. The van der Waals surface area contributed by atoms with E-state index in [2.05, 4.69) is 10.4 Å². The van der Waals surface area contributed by atoms with Crippen LogP contribution in [0.3, 0.4) is 0 Å². The molecule has 2 heterocycles. The minimum Gasteiger partial charge on any atom is -0.323 e. The molecule has 1 aromatic heterocycles. The van der Waals surface area contributed by atoms with Crippen molar-refractivity contribution in [1.29, 1.82) is 0 Å². The number of hydrogen-bond acceptors (Lipinski definition) is 3. The molecule has 1 atom stereocenters. The number of nitrogens with zero attached hydrogens (tertiary/aromatic N) is 3. The fourth-order valence-corrected chi connectivity index (χ4v) is 3.14. The van der Waals surface area contributed by atoms with E-state index in [1.165, 1.54) is 0 Å². The summed E-state index contributed by atoms with van der Waals surface area (Å²) in [5.41, 5.74) is 3.09. The van der Waals surface area contributed by atoms with Crippen LogP contribution >= 0.6 is 11.6 Å². The van der Waals surface area contributed by atoms with Gasteiger partial charge in [-0.1, -0.05) is 17.7 Å². The van der Waals surface area contributed by atoms with E-state index < -0.39 is 5.92 Å². The van der Waals surface area contributed by atoms with Gasteiger partial charge in [-0.3, -0.25) is 14.3 Å². The van der Waals surface area contributed by atoms with Crippen molar-refractivity contribution in [2.24, 2.45) is 13.0 Å². The topological polar surface area (TPSA) is 67.2 Å². The third-order valence-electron chi connectivity index (χ3n) is 4.37. The second-order valence-corrected chi connectivity index (χ2v) is 6.48. The Kier molecular flexibility index (Phi) is 4.32. The van der Waals surface area contributed by atoms with Crippen LogP contribution in [-0.2, 0) is 16.6 Å². The van der Waals surface area contributed by atoms with Gasteiger partial charge in [0, 0.05) is 30.7 Å². The van der Waals surface area contributed by atoms with Crippen LogP contribution in [0.4, 0.5) is 11.4 Å². The molecule has 1 fully saturated rings. The summed E-state index contributed by atoms with van der Waals surface area (Å²) in [6.07, 6.45) is 0.191. The largest absolute Gasteiger partial charge is 0.323 e. The number of halogens is 1. The quantitative estimate of drug-likeness (QED) is 0.929. The highest BCUT2D eigenvalue weighted by molar-refractivity contribution is 6.31. The molecule has 1 N–H and O–H groups in total. The van der Waals surface area contributed by atoms with Crippen LogP contribution in [0.2, 0.25) is 5.02 Å². The van der Waals surface area contributed by atoms with Gasteiger partial charge in [-0.25, -0.2) is 0 Å². The summed E-state index contributed by atoms with van der Waals surface area (Å²) < 4.78 is 1.73. The van der Waals surface area contributed by atoms with Gasteiger partial charge in [0.1, 0.15) is 0 Å². The maximum absolute atomic E-state index is 12.6. The molecule has 3 rings (SSSR count). The van der Waals surface area contributed by atoms with Crippen molar-refractivity contribution in [3.05, 3.63) is 40.7 Å². The van der Waals surface area contributed by atoms with Crippen LogP contribution in [-0.4, -0.2) is 28.1 Å². The summed E-state index contributed by atoms with van der Waals surface area (Å²) in [7, 11) is 1.83. The number of aryl methyl sites for hydroxylation is 2. The van der Waals surface area contributed by atoms with Crippen molar-refractivity contribution in [2.45, 2.75) is 20.3 Å². The van der Waals surface area contributed by atoms with Crippen molar-refractivity contribution in [3.63, 3.8) is 0 Å². The molecule has 1 aliphatic rings. The van der Waals surface area contributed by atoms with Crippen molar-refractivity contribution < 1.29 is 9.59 Å². The van der Waals surface area contributed by atoms with E-state index in [9.17, 15) is 9.59 Å².